The van der Waals surface area contributed by atoms with Gasteiger partial charge in [-0.15, -0.1) is 0 Å². The molecule has 0 spiro atoms. The third-order valence-electron chi connectivity index (χ3n) is 3.49. The summed E-state index contributed by atoms with van der Waals surface area (Å²) in [4.78, 5) is 23.0. The molecule has 1 aliphatic rings. The summed E-state index contributed by atoms with van der Waals surface area (Å²) in [5.74, 6) is -0.365. The van der Waals surface area contributed by atoms with E-state index < -0.39 is 10.7 Å². The monoisotopic (exact) mass is 317 g/mol. The SMILES string of the molecule is CN1C(=O)COc2ccc(Nc3ccc([N+](=O)[O-])cc3F)cc21. The van der Waals surface area contributed by atoms with Crippen molar-refractivity contribution in [3.8, 4) is 5.75 Å². The Morgan fingerprint density at radius 3 is 2.78 bits per heavy atom. The number of rotatable bonds is 3. The van der Waals surface area contributed by atoms with Gasteiger partial charge in [0.2, 0.25) is 0 Å². The molecule has 1 N–H and O–H groups in total. The zero-order valence-electron chi connectivity index (χ0n) is 12.1. The Morgan fingerprint density at radius 2 is 2.09 bits per heavy atom. The van der Waals surface area contributed by atoms with Gasteiger partial charge in [-0.25, -0.2) is 4.39 Å². The molecule has 7 nitrogen and oxygen atoms in total. The number of nitrogens with one attached hydrogen (secondary N) is 1. The highest BCUT2D eigenvalue weighted by Crippen LogP contribution is 2.35. The molecule has 0 aromatic heterocycles. The van der Waals surface area contributed by atoms with Crippen molar-refractivity contribution in [2.75, 3.05) is 23.9 Å². The number of hydrogen-bond donors (Lipinski definition) is 1. The highest BCUT2D eigenvalue weighted by atomic mass is 19.1. The van der Waals surface area contributed by atoms with Crippen molar-refractivity contribution in [3.63, 3.8) is 0 Å². The van der Waals surface area contributed by atoms with Gasteiger partial charge >= 0.3 is 0 Å². The smallest absolute Gasteiger partial charge is 0.272 e. The van der Waals surface area contributed by atoms with E-state index in [1.54, 1.807) is 25.2 Å². The summed E-state index contributed by atoms with van der Waals surface area (Å²) in [6.45, 7) is -0.0206. The molecule has 0 aliphatic carbocycles. The van der Waals surface area contributed by atoms with Crippen LogP contribution >= 0.6 is 0 Å². The van der Waals surface area contributed by atoms with Gasteiger partial charge in [0.25, 0.3) is 11.6 Å². The minimum Gasteiger partial charge on any atom is -0.482 e. The molecule has 0 saturated carbocycles. The molecule has 0 bridgehead atoms. The van der Waals surface area contributed by atoms with E-state index in [1.807, 2.05) is 0 Å². The molecule has 3 rings (SSSR count). The molecule has 0 saturated heterocycles. The van der Waals surface area contributed by atoms with Crippen molar-refractivity contribution in [2.45, 2.75) is 0 Å². The summed E-state index contributed by atoms with van der Waals surface area (Å²) in [6, 6.07) is 8.33. The molecule has 1 aliphatic heterocycles. The van der Waals surface area contributed by atoms with Gasteiger partial charge in [-0.05, 0) is 24.3 Å². The van der Waals surface area contributed by atoms with Crippen LogP contribution in [0.15, 0.2) is 36.4 Å². The predicted molar refractivity (Wildman–Crippen MR) is 81.7 cm³/mol. The number of carbonyl (C=O) groups excluding carboxylic acids is 1. The number of nitro groups is 1. The maximum Gasteiger partial charge on any atom is 0.272 e. The molecular weight excluding hydrogens is 305 g/mol. The second kappa shape index (κ2) is 5.56. The second-order valence-electron chi connectivity index (χ2n) is 4.97. The van der Waals surface area contributed by atoms with Gasteiger partial charge in [0, 0.05) is 18.8 Å². The van der Waals surface area contributed by atoms with Gasteiger partial charge in [0.15, 0.2) is 12.4 Å². The maximum absolute atomic E-state index is 13.9. The fourth-order valence-electron chi connectivity index (χ4n) is 2.22. The molecule has 23 heavy (non-hydrogen) atoms. The molecule has 0 unspecified atom stereocenters. The topological polar surface area (TPSA) is 84.7 Å². The van der Waals surface area contributed by atoms with Crippen LogP contribution in [-0.4, -0.2) is 24.5 Å². The van der Waals surface area contributed by atoms with Gasteiger partial charge in [0.1, 0.15) is 5.75 Å². The molecule has 1 amide bonds. The normalized spacial score (nSPS) is 13.3. The largest absolute Gasteiger partial charge is 0.482 e. The van der Waals surface area contributed by atoms with Crippen LogP contribution in [0.25, 0.3) is 0 Å². The average Bonchev–Trinajstić information content (AvgIpc) is 2.53. The minimum absolute atomic E-state index is 0.0206. The third kappa shape index (κ3) is 2.78. The van der Waals surface area contributed by atoms with Crippen LogP contribution in [0.4, 0.5) is 27.1 Å². The fourth-order valence-corrected chi connectivity index (χ4v) is 2.22. The quantitative estimate of drug-likeness (QED) is 0.695. The fraction of sp³-hybridized carbons (Fsp3) is 0.133. The van der Waals surface area contributed by atoms with Crippen LogP contribution in [-0.2, 0) is 4.79 Å². The van der Waals surface area contributed by atoms with Gasteiger partial charge in [0.05, 0.1) is 22.4 Å². The zero-order valence-corrected chi connectivity index (χ0v) is 12.1. The lowest BCUT2D eigenvalue weighted by Crippen LogP contribution is -2.35. The number of nitrogens with zero attached hydrogens (tertiary/aromatic N) is 2. The van der Waals surface area contributed by atoms with E-state index in [0.717, 1.165) is 6.07 Å². The maximum atomic E-state index is 13.9. The zero-order chi connectivity index (χ0) is 16.6. The first-order valence-electron chi connectivity index (χ1n) is 6.70. The number of non-ortho nitro benzene ring substituents is 1. The number of likely N-dealkylation sites (N-methyl/N-ethyl adjacent to an activating group) is 1. The lowest BCUT2D eigenvalue weighted by atomic mass is 10.2. The van der Waals surface area contributed by atoms with E-state index in [9.17, 15) is 19.3 Å². The molecule has 0 fully saturated rings. The number of anilines is 3. The van der Waals surface area contributed by atoms with Crippen LogP contribution in [0.1, 0.15) is 0 Å². The van der Waals surface area contributed by atoms with E-state index in [1.165, 1.54) is 17.0 Å². The summed E-state index contributed by atoms with van der Waals surface area (Å²) < 4.78 is 19.2. The second-order valence-corrected chi connectivity index (χ2v) is 4.97. The Balaban J connectivity index is 1.89. The predicted octanol–water partition coefficient (Wildman–Crippen LogP) is 2.83. The molecule has 118 valence electrons. The Kier molecular flexibility index (Phi) is 3.57. The number of nitro benzene ring substituents is 1. The number of amides is 1. The van der Waals surface area contributed by atoms with Crippen LogP contribution in [0, 0.1) is 15.9 Å². The highest BCUT2D eigenvalue weighted by Gasteiger charge is 2.22. The average molecular weight is 317 g/mol. The number of carbonyl (C=O) groups is 1. The molecule has 8 heteroatoms. The minimum atomic E-state index is -0.738. The Labute approximate surface area is 130 Å². The number of halogens is 1. The van der Waals surface area contributed by atoms with Crippen molar-refractivity contribution >= 4 is 28.7 Å². The first-order valence-corrected chi connectivity index (χ1v) is 6.70. The van der Waals surface area contributed by atoms with Gasteiger partial charge in [-0.3, -0.25) is 14.9 Å². The van der Waals surface area contributed by atoms with Gasteiger partial charge in [-0.1, -0.05) is 0 Å². The number of fused-ring (bicyclic) bond motifs is 1. The molecule has 0 radical (unpaired) electrons. The Morgan fingerprint density at radius 1 is 1.30 bits per heavy atom. The van der Waals surface area contributed by atoms with E-state index >= 15 is 0 Å². The van der Waals surface area contributed by atoms with E-state index in [2.05, 4.69) is 5.32 Å². The molecule has 2 aromatic carbocycles. The van der Waals surface area contributed by atoms with Crippen LogP contribution in [0.2, 0.25) is 0 Å². The van der Waals surface area contributed by atoms with Crippen molar-refractivity contribution in [1.29, 1.82) is 0 Å². The van der Waals surface area contributed by atoms with Crippen LogP contribution in [0.5, 0.6) is 5.75 Å². The Bertz CT molecular complexity index is 809. The van der Waals surface area contributed by atoms with Crippen molar-refractivity contribution in [1.82, 2.24) is 0 Å². The summed E-state index contributed by atoms with van der Waals surface area (Å²) in [7, 11) is 1.62. The van der Waals surface area contributed by atoms with E-state index in [0.29, 0.717) is 17.1 Å². The van der Waals surface area contributed by atoms with Crippen molar-refractivity contribution < 1.29 is 18.8 Å². The molecule has 0 atom stereocenters. The number of benzene rings is 2. The summed E-state index contributed by atoms with van der Waals surface area (Å²) in [6.07, 6.45) is 0. The molecular formula is C15H12FN3O4. The standard InChI is InChI=1S/C15H12FN3O4/c1-18-13-6-9(2-5-14(13)23-8-15(18)20)17-12-4-3-10(19(21)22)7-11(12)16/h2-7,17H,8H2,1H3. The van der Waals surface area contributed by atoms with E-state index in [-0.39, 0.29) is 23.9 Å². The first kappa shape index (κ1) is 14.8. The lowest BCUT2D eigenvalue weighted by Gasteiger charge is -2.26. The van der Waals surface area contributed by atoms with Crippen LogP contribution < -0.4 is 15.0 Å². The Hall–Kier alpha value is -3.16. The summed E-state index contributed by atoms with van der Waals surface area (Å²) >= 11 is 0. The van der Waals surface area contributed by atoms with Crippen molar-refractivity contribution in [2.24, 2.45) is 0 Å². The molecule has 1 heterocycles. The number of hydrogen-bond acceptors (Lipinski definition) is 5. The van der Waals surface area contributed by atoms with E-state index in [4.69, 9.17) is 4.74 Å². The molecule has 2 aromatic rings. The van der Waals surface area contributed by atoms with Crippen molar-refractivity contribution in [3.05, 3.63) is 52.3 Å². The number of ether oxygens (including phenoxy) is 1. The summed E-state index contributed by atoms with van der Waals surface area (Å²) in [5, 5.41) is 13.4. The third-order valence-corrected chi connectivity index (χ3v) is 3.49. The van der Waals surface area contributed by atoms with Gasteiger partial charge < -0.3 is 15.0 Å². The highest BCUT2D eigenvalue weighted by molar-refractivity contribution is 5.98. The lowest BCUT2D eigenvalue weighted by molar-refractivity contribution is -0.385. The summed E-state index contributed by atoms with van der Waals surface area (Å²) in [5.41, 5.74) is 0.869. The first-order chi connectivity index (χ1) is 11.0. The van der Waals surface area contributed by atoms with Crippen LogP contribution in [0.3, 0.4) is 0 Å². The van der Waals surface area contributed by atoms with Gasteiger partial charge in [-0.2, -0.15) is 0 Å².